The van der Waals surface area contributed by atoms with E-state index >= 15 is 0 Å². The average Bonchev–Trinajstić information content (AvgIpc) is 2.99. The van der Waals surface area contributed by atoms with Crippen molar-refractivity contribution in [2.75, 3.05) is 0 Å². The number of pyridine rings is 1. The van der Waals surface area contributed by atoms with Crippen LogP contribution in [0.3, 0.4) is 0 Å². The van der Waals surface area contributed by atoms with E-state index in [9.17, 15) is 10.4 Å². The lowest BCUT2D eigenvalue weighted by molar-refractivity contribution is 0.0231. The van der Waals surface area contributed by atoms with Crippen molar-refractivity contribution in [2.45, 2.75) is 38.7 Å². The first-order valence-electron chi connectivity index (χ1n) is 6.67. The molecule has 0 aliphatic heterocycles. The van der Waals surface area contributed by atoms with E-state index in [0.29, 0.717) is 11.8 Å². The number of rotatable bonds is 2. The van der Waals surface area contributed by atoms with E-state index in [0.717, 1.165) is 30.5 Å². The third-order valence-corrected chi connectivity index (χ3v) is 4.84. The Kier molecular flexibility index (Phi) is 2.64. The Bertz CT molecular complexity index is 490. The van der Waals surface area contributed by atoms with Crippen LogP contribution in [0.2, 0.25) is 0 Å². The molecule has 0 amide bonds. The monoisotopic (exact) mass is 242 g/mol. The van der Waals surface area contributed by atoms with Crippen molar-refractivity contribution in [3.63, 3.8) is 0 Å². The molecule has 2 fully saturated rings. The van der Waals surface area contributed by atoms with Crippen LogP contribution in [0.25, 0.3) is 0 Å². The summed E-state index contributed by atoms with van der Waals surface area (Å²) in [5, 5.41) is 20.2. The van der Waals surface area contributed by atoms with Gasteiger partial charge in [-0.15, -0.1) is 0 Å². The number of aromatic nitrogens is 1. The molecule has 2 bridgehead atoms. The Morgan fingerprint density at radius 3 is 2.83 bits per heavy atom. The van der Waals surface area contributed by atoms with Gasteiger partial charge in [0.2, 0.25) is 0 Å². The van der Waals surface area contributed by atoms with Crippen molar-refractivity contribution in [1.29, 1.82) is 5.26 Å². The smallest absolute Gasteiger partial charge is 0.0993 e. The molecule has 3 rings (SSSR count). The second-order valence-electron chi connectivity index (χ2n) is 5.87. The molecule has 2 aliphatic carbocycles. The van der Waals surface area contributed by atoms with Crippen LogP contribution < -0.4 is 0 Å². The molecule has 1 N–H and O–H groups in total. The molecule has 2 aliphatic rings. The van der Waals surface area contributed by atoms with Crippen molar-refractivity contribution in [3.05, 3.63) is 29.6 Å². The molecule has 3 nitrogen and oxygen atoms in total. The van der Waals surface area contributed by atoms with E-state index in [1.165, 1.54) is 6.42 Å². The first kappa shape index (κ1) is 11.7. The van der Waals surface area contributed by atoms with Crippen LogP contribution in [-0.2, 0) is 0 Å². The highest BCUT2D eigenvalue weighted by atomic mass is 16.3. The van der Waals surface area contributed by atoms with Gasteiger partial charge >= 0.3 is 0 Å². The Balaban J connectivity index is 1.93. The fraction of sp³-hybridized carbons (Fsp3) is 0.600. The molecule has 4 atom stereocenters. The Labute approximate surface area is 107 Å². The third-order valence-electron chi connectivity index (χ3n) is 4.84. The molecule has 94 valence electrons. The Morgan fingerprint density at radius 1 is 1.50 bits per heavy atom. The zero-order valence-electron chi connectivity index (χ0n) is 10.6. The van der Waals surface area contributed by atoms with E-state index in [1.54, 1.807) is 6.20 Å². The van der Waals surface area contributed by atoms with Crippen LogP contribution in [0.1, 0.15) is 43.0 Å². The topological polar surface area (TPSA) is 56.9 Å². The maximum atomic E-state index is 10.6. The Morgan fingerprint density at radius 2 is 2.33 bits per heavy atom. The quantitative estimate of drug-likeness (QED) is 0.867. The van der Waals surface area contributed by atoms with E-state index in [4.69, 9.17) is 0 Å². The van der Waals surface area contributed by atoms with E-state index < -0.39 is 11.5 Å². The van der Waals surface area contributed by atoms with Gasteiger partial charge in [0.1, 0.15) is 0 Å². The van der Waals surface area contributed by atoms with Gasteiger partial charge in [-0.3, -0.25) is 4.98 Å². The van der Waals surface area contributed by atoms with Gasteiger partial charge in [0.15, 0.2) is 0 Å². The average molecular weight is 242 g/mol. The minimum absolute atomic E-state index is 0.365. The molecule has 18 heavy (non-hydrogen) atoms. The van der Waals surface area contributed by atoms with Gasteiger partial charge in [-0.2, -0.15) is 5.26 Å². The summed E-state index contributed by atoms with van der Waals surface area (Å²) < 4.78 is 0. The van der Waals surface area contributed by atoms with Crippen molar-refractivity contribution < 1.29 is 5.11 Å². The molecule has 0 saturated heterocycles. The standard InChI is InChI=1S/C15H18N2O/c1-10-2-4-12(8-17-10)14(18)15(9-16)7-11-3-5-13(15)6-11/h2,4,8,11,13-14,18H,3,5-7H2,1H3. The highest BCUT2D eigenvalue weighted by Crippen LogP contribution is 2.60. The summed E-state index contributed by atoms with van der Waals surface area (Å²) in [6.45, 7) is 1.92. The minimum Gasteiger partial charge on any atom is -0.387 e. The highest BCUT2D eigenvalue weighted by molar-refractivity contribution is 5.25. The first-order valence-corrected chi connectivity index (χ1v) is 6.67. The summed E-state index contributed by atoms with van der Waals surface area (Å²) >= 11 is 0. The van der Waals surface area contributed by atoms with Crippen LogP contribution in [-0.4, -0.2) is 10.1 Å². The van der Waals surface area contributed by atoms with Crippen LogP contribution in [0.4, 0.5) is 0 Å². The molecule has 1 aromatic rings. The van der Waals surface area contributed by atoms with Crippen LogP contribution in [0, 0.1) is 35.5 Å². The van der Waals surface area contributed by atoms with Gasteiger partial charge < -0.3 is 5.11 Å². The fourth-order valence-corrected chi connectivity index (χ4v) is 3.84. The number of aliphatic hydroxyl groups excluding tert-OH is 1. The molecule has 0 radical (unpaired) electrons. The van der Waals surface area contributed by atoms with E-state index in [-0.39, 0.29) is 0 Å². The highest BCUT2D eigenvalue weighted by Gasteiger charge is 2.55. The van der Waals surface area contributed by atoms with Crippen molar-refractivity contribution >= 4 is 0 Å². The molecular weight excluding hydrogens is 224 g/mol. The van der Waals surface area contributed by atoms with Crippen molar-refractivity contribution in [3.8, 4) is 6.07 Å². The van der Waals surface area contributed by atoms with Crippen molar-refractivity contribution in [2.24, 2.45) is 17.3 Å². The maximum absolute atomic E-state index is 10.6. The second kappa shape index (κ2) is 4.07. The lowest BCUT2D eigenvalue weighted by Gasteiger charge is -2.35. The molecular formula is C15H18N2O. The molecule has 3 heteroatoms. The largest absolute Gasteiger partial charge is 0.387 e. The Hall–Kier alpha value is -1.40. The second-order valence-corrected chi connectivity index (χ2v) is 5.87. The normalized spacial score (nSPS) is 35.4. The maximum Gasteiger partial charge on any atom is 0.0993 e. The van der Waals surface area contributed by atoms with Gasteiger partial charge in [0.25, 0.3) is 0 Å². The van der Waals surface area contributed by atoms with Crippen molar-refractivity contribution in [1.82, 2.24) is 4.98 Å². The number of nitriles is 1. The molecule has 0 aromatic carbocycles. The summed E-state index contributed by atoms with van der Waals surface area (Å²) in [5.74, 6) is 1.01. The minimum atomic E-state index is -0.689. The summed E-state index contributed by atoms with van der Waals surface area (Å²) in [7, 11) is 0. The molecule has 0 spiro atoms. The van der Waals surface area contributed by atoms with Gasteiger partial charge in [-0.05, 0) is 44.1 Å². The number of nitrogens with zero attached hydrogens (tertiary/aromatic N) is 2. The SMILES string of the molecule is Cc1ccc(C(O)C2(C#N)CC3CCC2C3)cn1. The molecule has 2 saturated carbocycles. The predicted octanol–water partition coefficient (Wildman–Crippen LogP) is 2.75. The summed E-state index contributed by atoms with van der Waals surface area (Å²) in [4.78, 5) is 4.23. The molecule has 1 aromatic heterocycles. The van der Waals surface area contributed by atoms with Crippen LogP contribution in [0.15, 0.2) is 18.3 Å². The lowest BCUT2D eigenvalue weighted by Crippen LogP contribution is -2.33. The zero-order chi connectivity index (χ0) is 12.8. The number of aliphatic hydroxyl groups is 1. The number of hydrogen-bond acceptors (Lipinski definition) is 3. The predicted molar refractivity (Wildman–Crippen MR) is 67.4 cm³/mol. The first-order chi connectivity index (χ1) is 8.65. The summed E-state index contributed by atoms with van der Waals surface area (Å²) in [5.41, 5.74) is 1.15. The van der Waals surface area contributed by atoms with Crippen LogP contribution >= 0.6 is 0 Å². The van der Waals surface area contributed by atoms with E-state index in [1.807, 2.05) is 19.1 Å². The third kappa shape index (κ3) is 1.56. The van der Waals surface area contributed by atoms with Crippen LogP contribution in [0.5, 0.6) is 0 Å². The molecule has 4 unspecified atom stereocenters. The number of fused-ring (bicyclic) bond motifs is 2. The van der Waals surface area contributed by atoms with Gasteiger partial charge in [0.05, 0.1) is 17.6 Å². The van der Waals surface area contributed by atoms with E-state index in [2.05, 4.69) is 11.1 Å². The number of hydrogen-bond donors (Lipinski definition) is 1. The lowest BCUT2D eigenvalue weighted by atomic mass is 9.69. The van der Waals surface area contributed by atoms with Gasteiger partial charge in [-0.1, -0.05) is 12.5 Å². The molecule has 1 heterocycles. The van der Waals surface area contributed by atoms with Gasteiger partial charge in [-0.25, -0.2) is 0 Å². The van der Waals surface area contributed by atoms with Gasteiger partial charge in [0, 0.05) is 17.5 Å². The zero-order valence-corrected chi connectivity index (χ0v) is 10.6. The fourth-order valence-electron chi connectivity index (χ4n) is 3.84. The number of aryl methyl sites for hydroxylation is 1. The summed E-state index contributed by atoms with van der Waals surface area (Å²) in [6, 6.07) is 6.24. The summed E-state index contributed by atoms with van der Waals surface area (Å²) in [6.07, 6.45) is 5.31.